The minimum absolute atomic E-state index is 1.15. The lowest BCUT2D eigenvalue weighted by molar-refractivity contribution is 1.18. The molecule has 2 heteroatoms. The van der Waals surface area contributed by atoms with Gasteiger partial charge in [-0.05, 0) is 99.1 Å². The molecule has 11 aromatic rings. The van der Waals surface area contributed by atoms with E-state index in [4.69, 9.17) is 0 Å². The maximum Gasteiger partial charge on any atom is 0.0547 e. The van der Waals surface area contributed by atoms with Crippen LogP contribution in [0.15, 0.2) is 218 Å². The fourth-order valence-corrected chi connectivity index (χ4v) is 8.68. The Hall–Kier alpha value is -7.42. The molecular formula is C54H36N2. The Labute approximate surface area is 325 Å². The topological polar surface area (TPSA) is 9.86 Å². The summed E-state index contributed by atoms with van der Waals surface area (Å²) >= 11 is 0. The lowest BCUT2D eigenvalue weighted by atomic mass is 9.98. The zero-order valence-electron chi connectivity index (χ0n) is 30.7. The van der Waals surface area contributed by atoms with E-state index in [1.807, 2.05) is 0 Å². The molecule has 0 saturated carbocycles. The molecule has 0 radical (unpaired) electrons. The standard InChI is InChI=1S/C54H36N2/c1-3-12-37(13-4-1)39-22-24-40(25-23-39)42-28-33-45(34-29-42)56-51-20-10-8-17-48(51)54-46(18-11-21-53(54)56)43-30-35-52-49(36-43)47-16-7-9-19-50(47)55(52)44-31-26-41(27-32-44)38-14-5-2-6-15-38/h1-36H. The normalized spacial score (nSPS) is 11.6. The third kappa shape index (κ3) is 5.26. The maximum absolute atomic E-state index is 2.42. The van der Waals surface area contributed by atoms with E-state index in [0.29, 0.717) is 0 Å². The number of para-hydroxylation sites is 2. The van der Waals surface area contributed by atoms with Crippen LogP contribution in [0.25, 0.3) is 99.5 Å². The molecule has 2 nitrogen and oxygen atoms in total. The fourth-order valence-electron chi connectivity index (χ4n) is 8.68. The monoisotopic (exact) mass is 712 g/mol. The lowest BCUT2D eigenvalue weighted by Gasteiger charge is -2.11. The predicted molar refractivity (Wildman–Crippen MR) is 237 cm³/mol. The molecule has 0 bridgehead atoms. The molecule has 0 fully saturated rings. The van der Waals surface area contributed by atoms with Gasteiger partial charge in [0.15, 0.2) is 0 Å². The van der Waals surface area contributed by atoms with Crippen LogP contribution in [0.5, 0.6) is 0 Å². The number of fused-ring (bicyclic) bond motifs is 6. The van der Waals surface area contributed by atoms with Crippen molar-refractivity contribution in [3.05, 3.63) is 218 Å². The molecule has 11 rings (SSSR count). The second-order valence-corrected chi connectivity index (χ2v) is 14.5. The molecule has 0 atom stereocenters. The second-order valence-electron chi connectivity index (χ2n) is 14.5. The zero-order chi connectivity index (χ0) is 37.0. The van der Waals surface area contributed by atoms with Gasteiger partial charge in [0.1, 0.15) is 0 Å². The third-order valence-corrected chi connectivity index (χ3v) is 11.4. The van der Waals surface area contributed by atoms with Crippen molar-refractivity contribution in [2.75, 3.05) is 0 Å². The summed E-state index contributed by atoms with van der Waals surface area (Å²) in [6, 6.07) is 79.3. The van der Waals surface area contributed by atoms with Crippen molar-refractivity contribution in [2.45, 2.75) is 0 Å². The maximum atomic E-state index is 2.42. The molecule has 0 aliphatic carbocycles. The van der Waals surface area contributed by atoms with Crippen molar-refractivity contribution in [2.24, 2.45) is 0 Å². The van der Waals surface area contributed by atoms with Gasteiger partial charge in [-0.25, -0.2) is 0 Å². The Morgan fingerprint density at radius 2 is 0.625 bits per heavy atom. The molecular weight excluding hydrogens is 677 g/mol. The van der Waals surface area contributed by atoms with Crippen molar-refractivity contribution in [3.8, 4) is 55.9 Å². The average molecular weight is 713 g/mol. The summed E-state index contributed by atoms with van der Waals surface area (Å²) in [7, 11) is 0. The van der Waals surface area contributed by atoms with Gasteiger partial charge in [-0.3, -0.25) is 0 Å². The smallest absolute Gasteiger partial charge is 0.0547 e. The average Bonchev–Trinajstić information content (AvgIpc) is 3.80. The van der Waals surface area contributed by atoms with E-state index in [2.05, 4.69) is 228 Å². The van der Waals surface area contributed by atoms with Crippen LogP contribution in [0, 0.1) is 0 Å². The molecule has 0 saturated heterocycles. The van der Waals surface area contributed by atoms with Gasteiger partial charge in [-0.2, -0.15) is 0 Å². The van der Waals surface area contributed by atoms with Gasteiger partial charge in [0.2, 0.25) is 0 Å². The number of nitrogens with zero attached hydrogens (tertiary/aromatic N) is 2. The summed E-state index contributed by atoms with van der Waals surface area (Å²) in [4.78, 5) is 0. The largest absolute Gasteiger partial charge is 0.309 e. The molecule has 0 amide bonds. The van der Waals surface area contributed by atoms with Crippen LogP contribution in [0.2, 0.25) is 0 Å². The van der Waals surface area contributed by atoms with Crippen LogP contribution in [-0.4, -0.2) is 9.13 Å². The van der Waals surface area contributed by atoms with Gasteiger partial charge in [0.05, 0.1) is 22.1 Å². The number of benzene rings is 9. The molecule has 2 heterocycles. The second kappa shape index (κ2) is 13.2. The van der Waals surface area contributed by atoms with Gasteiger partial charge in [-0.15, -0.1) is 0 Å². The van der Waals surface area contributed by atoms with E-state index in [-0.39, 0.29) is 0 Å². The van der Waals surface area contributed by atoms with Crippen LogP contribution in [-0.2, 0) is 0 Å². The van der Waals surface area contributed by atoms with E-state index in [0.717, 1.165) is 11.4 Å². The van der Waals surface area contributed by atoms with Crippen LogP contribution in [0.4, 0.5) is 0 Å². The Kier molecular flexibility index (Phi) is 7.53. The Balaban J connectivity index is 1.01. The summed E-state index contributed by atoms with van der Waals surface area (Å²) < 4.78 is 4.82. The number of rotatable bonds is 6. The van der Waals surface area contributed by atoms with Crippen LogP contribution >= 0.6 is 0 Å². The molecule has 0 aliphatic rings. The molecule has 2 aromatic heterocycles. The van der Waals surface area contributed by atoms with E-state index in [1.165, 1.54) is 88.1 Å². The van der Waals surface area contributed by atoms with E-state index < -0.39 is 0 Å². The Morgan fingerprint density at radius 1 is 0.232 bits per heavy atom. The Bertz CT molecular complexity index is 3190. The highest BCUT2D eigenvalue weighted by Gasteiger charge is 2.18. The lowest BCUT2D eigenvalue weighted by Crippen LogP contribution is -1.94. The molecule has 0 N–H and O–H groups in total. The number of hydrogen-bond donors (Lipinski definition) is 0. The summed E-state index contributed by atoms with van der Waals surface area (Å²) in [6.07, 6.45) is 0. The van der Waals surface area contributed by atoms with Crippen LogP contribution < -0.4 is 0 Å². The highest BCUT2D eigenvalue weighted by Crippen LogP contribution is 2.41. The molecule has 0 unspecified atom stereocenters. The molecule has 0 aliphatic heterocycles. The van der Waals surface area contributed by atoms with Crippen molar-refractivity contribution < 1.29 is 0 Å². The van der Waals surface area contributed by atoms with Gasteiger partial charge >= 0.3 is 0 Å². The third-order valence-electron chi connectivity index (χ3n) is 11.4. The van der Waals surface area contributed by atoms with E-state index in [1.54, 1.807) is 0 Å². The van der Waals surface area contributed by atoms with E-state index in [9.17, 15) is 0 Å². The van der Waals surface area contributed by atoms with Crippen LogP contribution in [0.3, 0.4) is 0 Å². The van der Waals surface area contributed by atoms with Gasteiger partial charge in [-0.1, -0.05) is 164 Å². The summed E-state index contributed by atoms with van der Waals surface area (Å²) in [5.74, 6) is 0. The minimum atomic E-state index is 1.15. The minimum Gasteiger partial charge on any atom is -0.309 e. The SMILES string of the molecule is c1ccc(-c2ccc(-c3ccc(-n4c5ccccc5c5c(-c6ccc7c(c6)c6ccccc6n7-c6ccc(-c7ccccc7)cc6)cccc54)cc3)cc2)cc1. The molecule has 9 aromatic carbocycles. The van der Waals surface area contributed by atoms with Gasteiger partial charge in [0, 0.05) is 32.9 Å². The van der Waals surface area contributed by atoms with Crippen molar-refractivity contribution in [1.29, 1.82) is 0 Å². The van der Waals surface area contributed by atoms with Crippen molar-refractivity contribution in [3.63, 3.8) is 0 Å². The zero-order valence-corrected chi connectivity index (χ0v) is 30.7. The summed E-state index contributed by atoms with van der Waals surface area (Å²) in [5, 5.41) is 5.02. The number of hydrogen-bond acceptors (Lipinski definition) is 0. The predicted octanol–water partition coefficient (Wildman–Crippen LogP) is 14.5. The van der Waals surface area contributed by atoms with E-state index >= 15 is 0 Å². The van der Waals surface area contributed by atoms with Gasteiger partial charge < -0.3 is 9.13 Å². The highest BCUT2D eigenvalue weighted by molar-refractivity contribution is 6.17. The first-order valence-electron chi connectivity index (χ1n) is 19.3. The summed E-state index contributed by atoms with van der Waals surface area (Å²) in [5.41, 5.74) is 16.9. The van der Waals surface area contributed by atoms with Gasteiger partial charge in [0.25, 0.3) is 0 Å². The first-order valence-corrected chi connectivity index (χ1v) is 19.3. The molecule has 56 heavy (non-hydrogen) atoms. The summed E-state index contributed by atoms with van der Waals surface area (Å²) in [6.45, 7) is 0. The molecule has 262 valence electrons. The first-order chi connectivity index (χ1) is 27.8. The van der Waals surface area contributed by atoms with Crippen molar-refractivity contribution >= 4 is 43.6 Å². The number of aromatic nitrogens is 2. The van der Waals surface area contributed by atoms with Crippen LogP contribution in [0.1, 0.15) is 0 Å². The quantitative estimate of drug-likeness (QED) is 0.162. The highest BCUT2D eigenvalue weighted by atomic mass is 15.0. The fraction of sp³-hybridized carbons (Fsp3) is 0. The Morgan fingerprint density at radius 3 is 1.20 bits per heavy atom. The molecule has 0 spiro atoms. The first kappa shape index (κ1) is 32.0. The van der Waals surface area contributed by atoms with Crippen molar-refractivity contribution in [1.82, 2.24) is 9.13 Å².